The van der Waals surface area contributed by atoms with E-state index in [2.05, 4.69) is 32.4 Å². The lowest BCUT2D eigenvalue weighted by Crippen LogP contribution is -2.15. The summed E-state index contributed by atoms with van der Waals surface area (Å²) < 4.78 is 86.2. The lowest BCUT2D eigenvalue weighted by molar-refractivity contribution is -0.142. The fourth-order valence-electron chi connectivity index (χ4n) is 4.40. The van der Waals surface area contributed by atoms with E-state index in [-0.39, 0.29) is 24.1 Å². The van der Waals surface area contributed by atoms with Crippen LogP contribution in [0, 0.1) is 0 Å². The average molecular weight is 530 g/mol. The first-order valence-electron chi connectivity index (χ1n) is 11.3. The maximum atomic E-state index is 13.5. The predicted molar refractivity (Wildman–Crippen MR) is 122 cm³/mol. The van der Waals surface area contributed by atoms with Crippen LogP contribution in [0.3, 0.4) is 0 Å². The highest BCUT2D eigenvalue weighted by molar-refractivity contribution is 5.65. The standard InChI is InChI=1S/C25H16F6N6O/c26-24(27,28)16-5-6-18(19(7-16)25(29,30)31)20-8-17(38-35-20)12-37-13-22-21(9-32-37)33-23(34-22)36-10-14-3-1-2-4-15(14)11-36/h1-9,13H,10-12H2. The zero-order valence-corrected chi connectivity index (χ0v) is 19.3. The molecule has 0 spiro atoms. The van der Waals surface area contributed by atoms with Crippen molar-refractivity contribution >= 4 is 5.95 Å². The second kappa shape index (κ2) is 8.57. The summed E-state index contributed by atoms with van der Waals surface area (Å²) in [5, 5.41) is 7.92. The molecule has 0 N–H and O–H groups in total. The van der Waals surface area contributed by atoms with Crippen LogP contribution in [0.4, 0.5) is 32.3 Å². The summed E-state index contributed by atoms with van der Waals surface area (Å²) in [5.41, 5.74) is -0.0761. The van der Waals surface area contributed by atoms with Gasteiger partial charge in [-0.25, -0.2) is 9.97 Å². The zero-order valence-electron chi connectivity index (χ0n) is 19.3. The third-order valence-corrected chi connectivity index (χ3v) is 6.23. The van der Waals surface area contributed by atoms with Crippen molar-refractivity contribution < 1.29 is 30.9 Å². The smallest absolute Gasteiger partial charge is 0.359 e. The molecule has 6 rings (SSSR count). The Bertz CT molecular complexity index is 1580. The highest BCUT2D eigenvalue weighted by Crippen LogP contribution is 2.40. The number of halogens is 6. The van der Waals surface area contributed by atoms with Crippen molar-refractivity contribution in [3.63, 3.8) is 0 Å². The Morgan fingerprint density at radius 1 is 0.816 bits per heavy atom. The van der Waals surface area contributed by atoms with Gasteiger partial charge in [0.1, 0.15) is 23.6 Å². The van der Waals surface area contributed by atoms with Gasteiger partial charge in [-0.2, -0.15) is 31.4 Å². The number of rotatable bonds is 4. The number of nitrogens with zero attached hydrogens (tertiary/aromatic N) is 6. The molecule has 0 saturated carbocycles. The lowest BCUT2D eigenvalue weighted by Gasteiger charge is -2.14. The topological polar surface area (TPSA) is 72.9 Å². The van der Waals surface area contributed by atoms with Gasteiger partial charge in [-0.3, -0.25) is 4.68 Å². The molecule has 0 fully saturated rings. The van der Waals surface area contributed by atoms with E-state index in [1.165, 1.54) is 28.1 Å². The molecule has 3 aromatic rings. The first kappa shape index (κ1) is 23.9. The van der Waals surface area contributed by atoms with E-state index in [1.54, 1.807) is 6.20 Å². The lowest BCUT2D eigenvalue weighted by atomic mass is 10.0. The number of aromatic nitrogens is 5. The van der Waals surface area contributed by atoms with E-state index in [4.69, 9.17) is 4.52 Å². The summed E-state index contributed by atoms with van der Waals surface area (Å²) in [6, 6.07) is 10.7. The molecular weight excluding hydrogens is 514 g/mol. The Balaban J connectivity index is 1.24. The molecule has 2 aromatic carbocycles. The molecule has 1 aromatic heterocycles. The Hall–Kier alpha value is -4.42. The van der Waals surface area contributed by atoms with E-state index in [1.807, 2.05) is 17.0 Å². The van der Waals surface area contributed by atoms with Crippen LogP contribution in [0.2, 0.25) is 0 Å². The maximum Gasteiger partial charge on any atom is 0.417 e. The Morgan fingerprint density at radius 3 is 2.21 bits per heavy atom. The number of hydrogen-bond acceptors (Lipinski definition) is 6. The van der Waals surface area contributed by atoms with Crippen LogP contribution in [-0.4, -0.2) is 24.9 Å². The highest BCUT2D eigenvalue weighted by Gasteiger charge is 2.39. The fraction of sp³-hybridized carbons (Fsp3) is 0.200. The summed E-state index contributed by atoms with van der Waals surface area (Å²) in [4.78, 5) is 11.2. The first-order chi connectivity index (χ1) is 18.0. The minimum absolute atomic E-state index is 0.00226. The third-order valence-electron chi connectivity index (χ3n) is 6.23. The van der Waals surface area contributed by atoms with Gasteiger partial charge in [0.05, 0.1) is 23.5 Å². The molecule has 13 heteroatoms. The van der Waals surface area contributed by atoms with Crippen LogP contribution in [0.1, 0.15) is 28.0 Å². The molecule has 0 saturated heterocycles. The Labute approximate surface area is 210 Å². The van der Waals surface area contributed by atoms with Gasteiger partial charge in [-0.15, -0.1) is 0 Å². The van der Waals surface area contributed by atoms with Crippen molar-refractivity contribution in [3.8, 4) is 22.6 Å². The predicted octanol–water partition coefficient (Wildman–Crippen LogP) is 6.04. The molecule has 194 valence electrons. The quantitative estimate of drug-likeness (QED) is 0.264. The van der Waals surface area contributed by atoms with Crippen LogP contribution in [-0.2, 0) is 32.0 Å². The molecule has 0 bridgehead atoms. The van der Waals surface area contributed by atoms with Crippen molar-refractivity contribution in [1.29, 1.82) is 0 Å². The number of hydrogen-bond donors (Lipinski definition) is 0. The summed E-state index contributed by atoms with van der Waals surface area (Å²) in [6.07, 6.45) is -6.81. The molecule has 0 radical (unpaired) electrons. The highest BCUT2D eigenvalue weighted by atomic mass is 19.4. The molecule has 3 aliphatic heterocycles. The van der Waals surface area contributed by atoms with Crippen LogP contribution in [0.5, 0.6) is 0 Å². The van der Waals surface area contributed by atoms with Crippen molar-refractivity contribution in [2.24, 2.45) is 0 Å². The molecule has 7 nitrogen and oxygen atoms in total. The van der Waals surface area contributed by atoms with Crippen molar-refractivity contribution in [2.75, 3.05) is 4.90 Å². The normalized spacial score (nSPS) is 13.9. The van der Waals surface area contributed by atoms with Gasteiger partial charge in [-0.05, 0) is 23.3 Å². The minimum Gasteiger partial charge on any atom is -0.359 e. The Kier molecular flexibility index (Phi) is 5.40. The van der Waals surface area contributed by atoms with E-state index in [0.29, 0.717) is 36.5 Å². The zero-order chi connectivity index (χ0) is 26.7. The van der Waals surface area contributed by atoms with E-state index >= 15 is 0 Å². The molecule has 0 aliphatic carbocycles. The van der Waals surface area contributed by atoms with E-state index in [0.717, 1.165) is 6.07 Å². The maximum absolute atomic E-state index is 13.5. The SMILES string of the molecule is FC(F)(F)c1ccc(-c2cc(Cn3cc4nc(N5Cc6ccccc6C5)nc-4cn3)on2)c(C(F)(F)F)c1. The summed E-state index contributed by atoms with van der Waals surface area (Å²) in [6.45, 7) is 1.37. The molecule has 0 unspecified atom stereocenters. The van der Waals surface area contributed by atoms with Crippen molar-refractivity contribution in [2.45, 2.75) is 32.0 Å². The molecule has 0 atom stereocenters. The van der Waals surface area contributed by atoms with Crippen molar-refractivity contribution in [3.05, 3.63) is 88.9 Å². The summed E-state index contributed by atoms with van der Waals surface area (Å²) in [5.74, 6) is 0.708. The largest absolute Gasteiger partial charge is 0.417 e. The first-order valence-corrected chi connectivity index (χ1v) is 11.3. The fourth-order valence-corrected chi connectivity index (χ4v) is 4.40. The van der Waals surface area contributed by atoms with Crippen LogP contribution in [0.15, 0.2) is 65.4 Å². The second-order valence-corrected chi connectivity index (χ2v) is 8.82. The van der Waals surface area contributed by atoms with Crippen LogP contribution >= 0.6 is 0 Å². The van der Waals surface area contributed by atoms with Gasteiger partial charge in [0.25, 0.3) is 0 Å². The van der Waals surface area contributed by atoms with E-state index < -0.39 is 29.0 Å². The molecular formula is C25H16F6N6O. The number of alkyl halides is 6. The van der Waals surface area contributed by atoms with Crippen molar-refractivity contribution in [1.82, 2.24) is 24.9 Å². The van der Waals surface area contributed by atoms with E-state index in [9.17, 15) is 26.3 Å². The van der Waals surface area contributed by atoms with Gasteiger partial charge < -0.3 is 9.42 Å². The van der Waals surface area contributed by atoms with Crippen LogP contribution < -0.4 is 4.90 Å². The van der Waals surface area contributed by atoms with Gasteiger partial charge in [0.15, 0.2) is 5.76 Å². The third kappa shape index (κ3) is 4.44. The van der Waals surface area contributed by atoms with Gasteiger partial charge >= 0.3 is 12.4 Å². The average Bonchev–Trinajstić information content (AvgIpc) is 3.60. The number of anilines is 1. The molecule has 4 heterocycles. The van der Waals surface area contributed by atoms with Crippen LogP contribution in [0.25, 0.3) is 22.6 Å². The van der Waals surface area contributed by atoms with Gasteiger partial charge in [0.2, 0.25) is 5.95 Å². The summed E-state index contributed by atoms with van der Waals surface area (Å²) in [7, 11) is 0. The molecule has 0 amide bonds. The number of fused-ring (bicyclic) bond motifs is 2. The van der Waals surface area contributed by atoms with Gasteiger partial charge in [-0.1, -0.05) is 35.5 Å². The second-order valence-electron chi connectivity index (χ2n) is 8.82. The summed E-state index contributed by atoms with van der Waals surface area (Å²) >= 11 is 0. The van der Waals surface area contributed by atoms with Gasteiger partial charge in [0, 0.05) is 24.7 Å². The molecule has 3 aliphatic rings. The minimum atomic E-state index is -5.03. The molecule has 38 heavy (non-hydrogen) atoms. The monoisotopic (exact) mass is 530 g/mol. The number of benzene rings is 2. The Morgan fingerprint density at radius 2 is 1.53 bits per heavy atom. The number of imidazole rings is 1.